The minimum Gasteiger partial charge on any atom is -0.480 e. The van der Waals surface area contributed by atoms with Crippen molar-refractivity contribution in [1.82, 2.24) is 5.32 Å². The predicted octanol–water partition coefficient (Wildman–Crippen LogP) is 2.90. The van der Waals surface area contributed by atoms with Crippen LogP contribution in [0.1, 0.15) is 44.4 Å². The van der Waals surface area contributed by atoms with E-state index in [-0.39, 0.29) is 6.04 Å². The van der Waals surface area contributed by atoms with Gasteiger partial charge in [-0.05, 0) is 32.8 Å². The summed E-state index contributed by atoms with van der Waals surface area (Å²) in [7, 11) is 0. The van der Waals surface area contributed by atoms with Crippen LogP contribution in [0.15, 0.2) is 24.3 Å². The zero-order valence-corrected chi connectivity index (χ0v) is 10.9. The second-order valence-electron chi connectivity index (χ2n) is 4.77. The van der Waals surface area contributed by atoms with Gasteiger partial charge in [0.2, 0.25) is 0 Å². The van der Waals surface area contributed by atoms with Crippen LogP contribution in [0.25, 0.3) is 0 Å². The number of carbonyl (C=O) groups is 1. The van der Waals surface area contributed by atoms with Crippen molar-refractivity contribution in [3.63, 3.8) is 0 Å². The second kappa shape index (κ2) is 5.32. The van der Waals surface area contributed by atoms with Crippen molar-refractivity contribution >= 4 is 5.97 Å². The lowest BCUT2D eigenvalue weighted by molar-refractivity contribution is -0.144. The van der Waals surface area contributed by atoms with E-state index in [4.69, 9.17) is 0 Å². The Balaban J connectivity index is 2.81. The fraction of sp³-hybridized carbons (Fsp3) is 0.500. The molecular weight excluding hydrogens is 214 g/mol. The van der Waals surface area contributed by atoms with E-state index in [0.29, 0.717) is 6.42 Å². The third kappa shape index (κ3) is 3.30. The number of benzene rings is 1. The summed E-state index contributed by atoms with van der Waals surface area (Å²) in [5, 5.41) is 12.4. The summed E-state index contributed by atoms with van der Waals surface area (Å²) < 4.78 is 0. The molecule has 0 spiro atoms. The maximum atomic E-state index is 11.2. The molecule has 1 rings (SSSR count). The molecule has 0 bridgehead atoms. The van der Waals surface area contributed by atoms with E-state index in [1.54, 1.807) is 6.92 Å². The number of carboxylic acids is 1. The van der Waals surface area contributed by atoms with Crippen molar-refractivity contribution in [1.29, 1.82) is 0 Å². The SMILES string of the molecule is CCC(C)(NC(C)c1ccc(C)cc1)C(=O)O. The minimum atomic E-state index is -0.871. The zero-order valence-electron chi connectivity index (χ0n) is 10.9. The van der Waals surface area contributed by atoms with Crippen LogP contribution in [0, 0.1) is 6.92 Å². The number of carboxylic acid groups (broad SMARTS) is 1. The molecule has 0 aliphatic heterocycles. The Labute approximate surface area is 103 Å². The van der Waals surface area contributed by atoms with Gasteiger partial charge in [-0.25, -0.2) is 0 Å². The maximum Gasteiger partial charge on any atom is 0.323 e. The predicted molar refractivity (Wildman–Crippen MR) is 69.1 cm³/mol. The van der Waals surface area contributed by atoms with Gasteiger partial charge in [-0.1, -0.05) is 36.8 Å². The molecule has 0 aromatic heterocycles. The summed E-state index contributed by atoms with van der Waals surface area (Å²) in [6.45, 7) is 7.62. The van der Waals surface area contributed by atoms with Gasteiger partial charge in [0.15, 0.2) is 0 Å². The second-order valence-corrected chi connectivity index (χ2v) is 4.77. The lowest BCUT2D eigenvalue weighted by Gasteiger charge is -2.29. The Morgan fingerprint density at radius 1 is 1.41 bits per heavy atom. The molecule has 3 heteroatoms. The Bertz CT molecular complexity index is 386. The van der Waals surface area contributed by atoms with Crippen LogP contribution in [-0.4, -0.2) is 16.6 Å². The molecule has 0 aliphatic rings. The first-order valence-electron chi connectivity index (χ1n) is 5.96. The van der Waals surface area contributed by atoms with Crippen molar-refractivity contribution < 1.29 is 9.90 Å². The van der Waals surface area contributed by atoms with Crippen LogP contribution in [0.2, 0.25) is 0 Å². The molecule has 0 saturated carbocycles. The van der Waals surface area contributed by atoms with Gasteiger partial charge in [-0.2, -0.15) is 0 Å². The zero-order chi connectivity index (χ0) is 13.1. The number of hydrogen-bond acceptors (Lipinski definition) is 2. The number of rotatable bonds is 5. The summed E-state index contributed by atoms with van der Waals surface area (Å²) in [5.41, 5.74) is 1.44. The van der Waals surface area contributed by atoms with Crippen LogP contribution in [-0.2, 0) is 4.79 Å². The highest BCUT2D eigenvalue weighted by Gasteiger charge is 2.32. The van der Waals surface area contributed by atoms with E-state index in [1.165, 1.54) is 5.56 Å². The summed E-state index contributed by atoms with van der Waals surface area (Å²) in [5.74, 6) is -0.807. The standard InChI is InChI=1S/C14H21NO2/c1-5-14(4,13(16)17)15-11(3)12-8-6-10(2)7-9-12/h6-9,11,15H,5H2,1-4H3,(H,16,17). The van der Waals surface area contributed by atoms with Gasteiger partial charge < -0.3 is 5.11 Å². The lowest BCUT2D eigenvalue weighted by Crippen LogP contribution is -2.49. The average molecular weight is 235 g/mol. The fourth-order valence-electron chi connectivity index (χ4n) is 1.73. The van der Waals surface area contributed by atoms with Gasteiger partial charge in [0, 0.05) is 6.04 Å². The maximum absolute atomic E-state index is 11.2. The first-order chi connectivity index (χ1) is 7.89. The normalized spacial score (nSPS) is 16.2. The van der Waals surface area contributed by atoms with Gasteiger partial charge in [0.25, 0.3) is 0 Å². The smallest absolute Gasteiger partial charge is 0.323 e. The van der Waals surface area contributed by atoms with E-state index < -0.39 is 11.5 Å². The van der Waals surface area contributed by atoms with Crippen molar-refractivity contribution in [2.75, 3.05) is 0 Å². The summed E-state index contributed by atoms with van der Waals surface area (Å²) in [6, 6.07) is 8.17. The molecule has 2 atom stereocenters. The van der Waals surface area contributed by atoms with E-state index in [9.17, 15) is 9.90 Å². The van der Waals surface area contributed by atoms with Crippen LogP contribution in [0.4, 0.5) is 0 Å². The van der Waals surface area contributed by atoms with Crippen molar-refractivity contribution in [2.24, 2.45) is 0 Å². The molecule has 2 unspecified atom stereocenters. The highest BCUT2D eigenvalue weighted by atomic mass is 16.4. The molecule has 1 aromatic rings. The van der Waals surface area contributed by atoms with Crippen LogP contribution < -0.4 is 5.32 Å². The Morgan fingerprint density at radius 3 is 2.35 bits per heavy atom. The molecule has 0 amide bonds. The Kier molecular flexibility index (Phi) is 4.29. The first kappa shape index (κ1) is 13.7. The first-order valence-corrected chi connectivity index (χ1v) is 5.96. The van der Waals surface area contributed by atoms with Gasteiger partial charge in [0.05, 0.1) is 0 Å². The molecule has 0 heterocycles. The molecule has 0 aliphatic carbocycles. The molecular formula is C14H21NO2. The molecule has 2 N–H and O–H groups in total. The minimum absolute atomic E-state index is 0.0247. The Morgan fingerprint density at radius 2 is 1.94 bits per heavy atom. The summed E-state index contributed by atoms with van der Waals surface area (Å²) in [4.78, 5) is 11.2. The molecule has 1 aromatic carbocycles. The third-order valence-electron chi connectivity index (χ3n) is 3.29. The number of hydrogen-bond donors (Lipinski definition) is 2. The van der Waals surface area contributed by atoms with Gasteiger partial charge in [-0.15, -0.1) is 0 Å². The number of aryl methyl sites for hydroxylation is 1. The van der Waals surface area contributed by atoms with E-state index in [2.05, 4.69) is 5.32 Å². The molecule has 94 valence electrons. The fourth-order valence-corrected chi connectivity index (χ4v) is 1.73. The van der Waals surface area contributed by atoms with Crippen molar-refractivity contribution in [2.45, 2.75) is 45.7 Å². The quantitative estimate of drug-likeness (QED) is 0.825. The van der Waals surface area contributed by atoms with Crippen LogP contribution >= 0.6 is 0 Å². The molecule has 0 fully saturated rings. The topological polar surface area (TPSA) is 49.3 Å². The van der Waals surface area contributed by atoms with Crippen LogP contribution in [0.3, 0.4) is 0 Å². The molecule has 0 radical (unpaired) electrons. The van der Waals surface area contributed by atoms with Gasteiger partial charge >= 0.3 is 5.97 Å². The largest absolute Gasteiger partial charge is 0.480 e. The van der Waals surface area contributed by atoms with E-state index >= 15 is 0 Å². The highest BCUT2D eigenvalue weighted by molar-refractivity contribution is 5.78. The molecule has 3 nitrogen and oxygen atoms in total. The van der Waals surface area contributed by atoms with Gasteiger partial charge in [-0.3, -0.25) is 10.1 Å². The number of aliphatic carboxylic acids is 1. The summed E-state index contributed by atoms with van der Waals surface area (Å²) in [6.07, 6.45) is 0.554. The summed E-state index contributed by atoms with van der Waals surface area (Å²) >= 11 is 0. The number of nitrogens with one attached hydrogen (secondary N) is 1. The van der Waals surface area contributed by atoms with E-state index in [1.807, 2.05) is 45.0 Å². The van der Waals surface area contributed by atoms with Crippen LogP contribution in [0.5, 0.6) is 0 Å². The lowest BCUT2D eigenvalue weighted by atomic mass is 9.96. The Hall–Kier alpha value is -1.35. The van der Waals surface area contributed by atoms with Crippen molar-refractivity contribution in [3.05, 3.63) is 35.4 Å². The highest BCUT2D eigenvalue weighted by Crippen LogP contribution is 2.19. The molecule has 17 heavy (non-hydrogen) atoms. The van der Waals surface area contributed by atoms with Gasteiger partial charge in [0.1, 0.15) is 5.54 Å². The molecule has 0 saturated heterocycles. The monoisotopic (exact) mass is 235 g/mol. The average Bonchev–Trinajstić information content (AvgIpc) is 2.29. The third-order valence-corrected chi connectivity index (χ3v) is 3.29. The van der Waals surface area contributed by atoms with Crippen molar-refractivity contribution in [3.8, 4) is 0 Å². The van der Waals surface area contributed by atoms with E-state index in [0.717, 1.165) is 5.56 Å².